The van der Waals surface area contributed by atoms with Gasteiger partial charge in [-0.15, -0.1) is 0 Å². The Bertz CT molecular complexity index is 822. The van der Waals surface area contributed by atoms with E-state index in [1.165, 1.54) is 5.56 Å². The molecule has 0 aliphatic carbocycles. The zero-order chi connectivity index (χ0) is 16.4. The number of hydrogen-bond donors (Lipinski definition) is 1. The van der Waals surface area contributed by atoms with E-state index in [1.807, 2.05) is 57.1 Å². The summed E-state index contributed by atoms with van der Waals surface area (Å²) in [5.74, 6) is 2.58. The zero-order valence-electron chi connectivity index (χ0n) is 14.0. The Morgan fingerprint density at radius 1 is 1.00 bits per heavy atom. The van der Waals surface area contributed by atoms with Crippen molar-refractivity contribution in [3.05, 3.63) is 53.5 Å². The van der Waals surface area contributed by atoms with Gasteiger partial charge in [-0.2, -0.15) is 0 Å². The first kappa shape index (κ1) is 15.2. The Morgan fingerprint density at radius 2 is 1.78 bits per heavy atom. The van der Waals surface area contributed by atoms with E-state index in [0.29, 0.717) is 6.54 Å². The first-order chi connectivity index (χ1) is 11.0. The molecule has 2 heterocycles. The molecule has 118 valence electrons. The van der Waals surface area contributed by atoms with Gasteiger partial charge in [0.2, 0.25) is 0 Å². The predicted octanol–water partition coefficient (Wildman–Crippen LogP) is 3.32. The zero-order valence-corrected chi connectivity index (χ0v) is 14.0. The van der Waals surface area contributed by atoms with Gasteiger partial charge in [0.1, 0.15) is 17.5 Å². The van der Waals surface area contributed by atoms with Gasteiger partial charge in [0.15, 0.2) is 0 Å². The van der Waals surface area contributed by atoms with Crippen molar-refractivity contribution in [3.8, 4) is 0 Å². The summed E-state index contributed by atoms with van der Waals surface area (Å²) < 4.78 is 0. The van der Waals surface area contributed by atoms with E-state index >= 15 is 0 Å². The van der Waals surface area contributed by atoms with Crippen LogP contribution in [0.4, 0.5) is 11.6 Å². The van der Waals surface area contributed by atoms with Crippen LogP contribution in [0.1, 0.15) is 17.1 Å². The average Bonchev–Trinajstić information content (AvgIpc) is 2.51. The van der Waals surface area contributed by atoms with E-state index in [2.05, 4.69) is 27.4 Å². The summed E-state index contributed by atoms with van der Waals surface area (Å²) in [6.45, 7) is 4.58. The Hall–Kier alpha value is -2.69. The van der Waals surface area contributed by atoms with Crippen LogP contribution in [0.3, 0.4) is 0 Å². The van der Waals surface area contributed by atoms with Crippen LogP contribution in [-0.2, 0) is 6.54 Å². The van der Waals surface area contributed by atoms with E-state index in [0.717, 1.165) is 34.1 Å². The maximum Gasteiger partial charge on any atom is 0.130 e. The summed E-state index contributed by atoms with van der Waals surface area (Å²) >= 11 is 0. The highest BCUT2D eigenvalue weighted by atomic mass is 15.1. The Kier molecular flexibility index (Phi) is 4.10. The lowest BCUT2D eigenvalue weighted by molar-refractivity contribution is 0.991. The third-order valence-corrected chi connectivity index (χ3v) is 3.67. The van der Waals surface area contributed by atoms with Crippen molar-refractivity contribution >= 4 is 22.5 Å². The smallest absolute Gasteiger partial charge is 0.130 e. The van der Waals surface area contributed by atoms with Crippen molar-refractivity contribution in [1.29, 1.82) is 0 Å². The van der Waals surface area contributed by atoms with Crippen molar-refractivity contribution < 1.29 is 0 Å². The first-order valence-electron chi connectivity index (χ1n) is 7.65. The molecule has 0 saturated carbocycles. The second-order valence-electron chi connectivity index (χ2n) is 5.85. The van der Waals surface area contributed by atoms with Crippen molar-refractivity contribution in [2.45, 2.75) is 20.4 Å². The van der Waals surface area contributed by atoms with Crippen LogP contribution in [0.2, 0.25) is 0 Å². The highest BCUT2D eigenvalue weighted by molar-refractivity contribution is 5.84. The van der Waals surface area contributed by atoms with Gasteiger partial charge in [-0.25, -0.2) is 15.0 Å². The fourth-order valence-electron chi connectivity index (χ4n) is 2.60. The number of aryl methyl sites for hydroxylation is 2. The van der Waals surface area contributed by atoms with Crippen LogP contribution in [0.25, 0.3) is 10.9 Å². The lowest BCUT2D eigenvalue weighted by Gasteiger charge is -2.16. The monoisotopic (exact) mass is 307 g/mol. The van der Waals surface area contributed by atoms with Crippen LogP contribution < -0.4 is 10.2 Å². The molecule has 0 unspecified atom stereocenters. The fraction of sp³-hybridized carbons (Fsp3) is 0.278. The molecular formula is C18H21N5. The number of para-hydroxylation sites is 1. The number of nitrogens with one attached hydrogen (secondary N) is 1. The minimum Gasteiger partial charge on any atom is -0.366 e. The molecule has 0 radical (unpaired) electrons. The fourth-order valence-corrected chi connectivity index (χ4v) is 2.60. The van der Waals surface area contributed by atoms with Gasteiger partial charge in [0.25, 0.3) is 0 Å². The molecule has 0 aliphatic heterocycles. The maximum atomic E-state index is 4.69. The molecule has 23 heavy (non-hydrogen) atoms. The van der Waals surface area contributed by atoms with Crippen LogP contribution in [-0.4, -0.2) is 29.0 Å². The highest BCUT2D eigenvalue weighted by Gasteiger charge is 2.07. The second-order valence-corrected chi connectivity index (χ2v) is 5.85. The average molecular weight is 307 g/mol. The highest BCUT2D eigenvalue weighted by Crippen LogP contribution is 2.23. The molecule has 3 rings (SSSR count). The van der Waals surface area contributed by atoms with Gasteiger partial charge in [-0.05, 0) is 31.5 Å². The van der Waals surface area contributed by atoms with Gasteiger partial charge < -0.3 is 10.2 Å². The Morgan fingerprint density at radius 3 is 2.52 bits per heavy atom. The van der Waals surface area contributed by atoms with Crippen molar-refractivity contribution in [1.82, 2.24) is 15.0 Å². The van der Waals surface area contributed by atoms with Crippen molar-refractivity contribution in [2.75, 3.05) is 24.3 Å². The standard InChI is InChI=1S/C18H21N5/c1-12-9-17(21-13(2)20-12)19-11-14-10-18(23(3)4)22-16-8-6-5-7-15(14)16/h5-10H,11H2,1-4H3,(H,19,20,21). The normalized spacial score (nSPS) is 10.8. The van der Waals surface area contributed by atoms with Crippen LogP contribution in [0.15, 0.2) is 36.4 Å². The van der Waals surface area contributed by atoms with E-state index in [4.69, 9.17) is 4.98 Å². The van der Waals surface area contributed by atoms with Gasteiger partial charge in [-0.3, -0.25) is 0 Å². The number of nitrogens with zero attached hydrogens (tertiary/aromatic N) is 4. The molecule has 2 aromatic heterocycles. The number of benzene rings is 1. The topological polar surface area (TPSA) is 53.9 Å². The Labute approximate surface area is 136 Å². The number of pyridine rings is 1. The maximum absolute atomic E-state index is 4.69. The lowest BCUT2D eigenvalue weighted by atomic mass is 10.1. The summed E-state index contributed by atoms with van der Waals surface area (Å²) in [5.41, 5.74) is 3.17. The summed E-state index contributed by atoms with van der Waals surface area (Å²) in [5, 5.41) is 4.56. The molecule has 0 atom stereocenters. The summed E-state index contributed by atoms with van der Waals surface area (Å²) in [6.07, 6.45) is 0. The molecule has 3 aromatic rings. The first-order valence-corrected chi connectivity index (χ1v) is 7.65. The molecule has 0 saturated heterocycles. The number of rotatable bonds is 4. The number of aromatic nitrogens is 3. The number of hydrogen-bond acceptors (Lipinski definition) is 5. The Balaban J connectivity index is 1.95. The lowest BCUT2D eigenvalue weighted by Crippen LogP contribution is -2.12. The summed E-state index contributed by atoms with van der Waals surface area (Å²) in [7, 11) is 4.01. The van der Waals surface area contributed by atoms with E-state index in [-0.39, 0.29) is 0 Å². The minimum absolute atomic E-state index is 0.694. The second kappa shape index (κ2) is 6.20. The molecule has 0 amide bonds. The third kappa shape index (κ3) is 3.39. The molecule has 0 bridgehead atoms. The number of anilines is 2. The molecule has 0 spiro atoms. The summed E-state index contributed by atoms with van der Waals surface area (Å²) in [6, 6.07) is 12.3. The predicted molar refractivity (Wildman–Crippen MR) is 94.9 cm³/mol. The number of fused-ring (bicyclic) bond motifs is 1. The minimum atomic E-state index is 0.694. The van der Waals surface area contributed by atoms with Crippen LogP contribution >= 0.6 is 0 Å². The molecule has 5 heteroatoms. The summed E-state index contributed by atoms with van der Waals surface area (Å²) in [4.78, 5) is 15.5. The largest absolute Gasteiger partial charge is 0.366 e. The molecule has 5 nitrogen and oxygen atoms in total. The molecule has 0 aliphatic rings. The van der Waals surface area contributed by atoms with Crippen LogP contribution in [0.5, 0.6) is 0 Å². The van der Waals surface area contributed by atoms with Crippen LogP contribution in [0, 0.1) is 13.8 Å². The van der Waals surface area contributed by atoms with Gasteiger partial charge in [0, 0.05) is 37.8 Å². The molecule has 1 aromatic carbocycles. The quantitative estimate of drug-likeness (QED) is 0.801. The van der Waals surface area contributed by atoms with E-state index in [1.54, 1.807) is 0 Å². The van der Waals surface area contributed by atoms with Gasteiger partial charge >= 0.3 is 0 Å². The van der Waals surface area contributed by atoms with E-state index < -0.39 is 0 Å². The molecule has 0 fully saturated rings. The van der Waals surface area contributed by atoms with Gasteiger partial charge in [0.05, 0.1) is 5.52 Å². The third-order valence-electron chi connectivity index (χ3n) is 3.67. The van der Waals surface area contributed by atoms with Gasteiger partial charge in [-0.1, -0.05) is 18.2 Å². The van der Waals surface area contributed by atoms with Crippen molar-refractivity contribution in [3.63, 3.8) is 0 Å². The molecule has 1 N–H and O–H groups in total. The SMILES string of the molecule is Cc1cc(NCc2cc(N(C)C)nc3ccccc23)nc(C)n1. The van der Waals surface area contributed by atoms with Crippen molar-refractivity contribution in [2.24, 2.45) is 0 Å². The van der Waals surface area contributed by atoms with E-state index in [9.17, 15) is 0 Å². The molecular weight excluding hydrogens is 286 g/mol.